The molecule has 2 N–H and O–H groups in total. The predicted molar refractivity (Wildman–Crippen MR) is 140 cm³/mol. The highest BCUT2D eigenvalue weighted by atomic mass is 32.5. The summed E-state index contributed by atoms with van der Waals surface area (Å²) < 4.78 is 4.64. The molecule has 0 aliphatic carbocycles. The average molecular weight is 514 g/mol. The Hall–Kier alpha value is -2.12. The van der Waals surface area contributed by atoms with Gasteiger partial charge in [-0.1, -0.05) is 55.5 Å². The number of rotatable bonds is 6. The van der Waals surface area contributed by atoms with Crippen LogP contribution in [0, 0.1) is 10.1 Å². The van der Waals surface area contributed by atoms with Gasteiger partial charge in [-0.25, -0.2) is 0 Å². The zero-order valence-electron chi connectivity index (χ0n) is 17.2. The van der Waals surface area contributed by atoms with Crippen molar-refractivity contribution in [3.8, 4) is 5.75 Å². The summed E-state index contributed by atoms with van der Waals surface area (Å²) in [5.74, 6) is 0.271. The molecule has 1 unspecified atom stereocenters. The van der Waals surface area contributed by atoms with E-state index >= 15 is 0 Å². The van der Waals surface area contributed by atoms with Gasteiger partial charge in [0.15, 0.2) is 5.78 Å². The summed E-state index contributed by atoms with van der Waals surface area (Å²) in [5, 5.41) is 10.7. The van der Waals surface area contributed by atoms with E-state index in [4.69, 9.17) is 9.79 Å². The first-order chi connectivity index (χ1) is 14.2. The first-order valence-electron chi connectivity index (χ1n) is 8.88. The molecule has 3 aromatic carbocycles. The lowest BCUT2D eigenvalue weighted by atomic mass is 9.96. The van der Waals surface area contributed by atoms with E-state index in [-0.39, 0.29) is 34.9 Å². The number of carbonyl (C=O) groups excluding carboxylic acids is 1. The molecule has 0 spiro atoms. The number of para-hydroxylation sites is 1. The molecular formula is C21H25NO6P2S2. The molecule has 11 heteroatoms. The Bertz CT molecular complexity index is 1060. The van der Waals surface area contributed by atoms with Gasteiger partial charge in [-0.3, -0.25) is 14.9 Å². The number of ketones is 1. The van der Waals surface area contributed by atoms with Crippen LogP contribution in [-0.2, 0) is 18.2 Å². The molecule has 7 nitrogen and oxygen atoms in total. The maximum Gasteiger partial charge on any atom is 0.375 e. The highest BCUT2D eigenvalue weighted by Crippen LogP contribution is 2.37. The van der Waals surface area contributed by atoms with Crippen LogP contribution in [0.4, 0.5) is 5.69 Å². The minimum atomic E-state index is -3.55. The number of aryl methyl sites for hydroxylation is 1. The van der Waals surface area contributed by atoms with Gasteiger partial charge in [0.05, 0.1) is 4.92 Å². The molecular weight excluding hydrogens is 488 g/mol. The molecule has 0 saturated carbocycles. The van der Waals surface area contributed by atoms with Crippen molar-refractivity contribution in [1.29, 1.82) is 0 Å². The minimum absolute atomic E-state index is 0. The third-order valence-corrected chi connectivity index (χ3v) is 4.60. The molecule has 0 saturated heterocycles. The van der Waals surface area contributed by atoms with Crippen LogP contribution in [0.1, 0.15) is 28.4 Å². The third kappa shape index (κ3) is 9.57. The molecule has 1 atom stereocenters. The van der Waals surface area contributed by atoms with E-state index in [9.17, 15) is 14.9 Å². The van der Waals surface area contributed by atoms with Crippen LogP contribution in [0.2, 0.25) is 0 Å². The van der Waals surface area contributed by atoms with Crippen molar-refractivity contribution in [2.45, 2.75) is 13.3 Å². The molecule has 0 fully saturated rings. The molecule has 0 bridgehead atoms. The van der Waals surface area contributed by atoms with Crippen molar-refractivity contribution in [2.75, 3.05) is 0 Å². The first kappa shape index (κ1) is 29.9. The van der Waals surface area contributed by atoms with Gasteiger partial charge in [0, 0.05) is 35.1 Å². The van der Waals surface area contributed by atoms with Crippen LogP contribution in [0.5, 0.6) is 5.75 Å². The Morgan fingerprint density at radius 2 is 1.56 bits per heavy atom. The van der Waals surface area contributed by atoms with Crippen molar-refractivity contribution in [3.63, 3.8) is 0 Å². The smallest absolute Gasteiger partial charge is 0.375 e. The number of non-ortho nitro benzene ring substituents is 1. The van der Waals surface area contributed by atoms with Crippen LogP contribution in [0.25, 0.3) is 0 Å². The summed E-state index contributed by atoms with van der Waals surface area (Å²) >= 11 is 4.27. The molecule has 0 amide bonds. The van der Waals surface area contributed by atoms with Crippen molar-refractivity contribution < 1.29 is 24.0 Å². The average Bonchev–Trinajstić information content (AvgIpc) is 2.73. The molecule has 3 rings (SSSR count). The first-order valence-corrected chi connectivity index (χ1v) is 11.5. The largest absolute Gasteiger partial charge is 0.424 e. The van der Waals surface area contributed by atoms with E-state index in [0.717, 1.165) is 0 Å². The van der Waals surface area contributed by atoms with E-state index in [1.807, 2.05) is 13.0 Å². The Labute approximate surface area is 201 Å². The monoisotopic (exact) mass is 513 g/mol. The van der Waals surface area contributed by atoms with Gasteiger partial charge in [0.1, 0.15) is 5.75 Å². The van der Waals surface area contributed by atoms with Crippen LogP contribution in [-0.4, -0.2) is 20.5 Å². The van der Waals surface area contributed by atoms with Gasteiger partial charge < -0.3 is 14.3 Å². The molecule has 3 aromatic rings. The third-order valence-electron chi connectivity index (χ3n) is 3.93. The van der Waals surface area contributed by atoms with E-state index in [2.05, 4.69) is 16.3 Å². The fourth-order valence-electron chi connectivity index (χ4n) is 2.57. The summed E-state index contributed by atoms with van der Waals surface area (Å²) in [6.45, 7) is -1.68. The zero-order chi connectivity index (χ0) is 22.1. The minimum Gasteiger partial charge on any atom is -0.424 e. The molecule has 0 aliphatic heterocycles. The van der Waals surface area contributed by atoms with Gasteiger partial charge in [-0.05, 0) is 30.2 Å². The highest BCUT2D eigenvalue weighted by Gasteiger charge is 2.16. The number of nitro groups is 1. The fraction of sp³-hybridized carbons (Fsp3) is 0.0952. The second kappa shape index (κ2) is 14.1. The standard InChI is InChI=1S/C15H13NO3.C6H7O3PS.H3P.H2S/c1-2-11-10-13(16(18)19)8-9-14(11)15(17)12-6-4-3-5-7-12;7-10(8,11)9-6-4-2-1-3-5-6;;/h3-10H,2H2,1H3;1-5H,(H2,7,8,11);1H3;1H2. The van der Waals surface area contributed by atoms with Gasteiger partial charge in [-0.2, -0.15) is 23.4 Å². The lowest BCUT2D eigenvalue weighted by molar-refractivity contribution is -0.384. The summed E-state index contributed by atoms with van der Waals surface area (Å²) in [4.78, 5) is 40.1. The van der Waals surface area contributed by atoms with E-state index in [0.29, 0.717) is 28.9 Å². The summed E-state index contributed by atoms with van der Waals surface area (Å²) in [7, 11) is 0. The van der Waals surface area contributed by atoms with Gasteiger partial charge in [0.25, 0.3) is 5.69 Å². The van der Waals surface area contributed by atoms with Crippen molar-refractivity contribution in [3.05, 3.63) is 106 Å². The maximum atomic E-state index is 12.3. The summed E-state index contributed by atoms with van der Waals surface area (Å²) in [6.07, 6.45) is 0.579. The van der Waals surface area contributed by atoms with Crippen LogP contribution < -0.4 is 4.52 Å². The highest BCUT2D eigenvalue weighted by molar-refractivity contribution is 8.06. The van der Waals surface area contributed by atoms with Gasteiger partial charge >= 0.3 is 6.72 Å². The zero-order valence-corrected chi connectivity index (χ0v) is 21.4. The predicted octanol–water partition coefficient (Wildman–Crippen LogP) is 4.83. The lowest BCUT2D eigenvalue weighted by Gasteiger charge is -2.08. The summed E-state index contributed by atoms with van der Waals surface area (Å²) in [5.41, 5.74) is 1.83. The number of hydrogen-bond acceptors (Lipinski definition) is 5. The second-order valence-corrected chi connectivity index (χ2v) is 8.63. The van der Waals surface area contributed by atoms with E-state index in [1.165, 1.54) is 18.2 Å². The van der Waals surface area contributed by atoms with Crippen molar-refractivity contribution >= 4 is 53.4 Å². The molecule has 0 heterocycles. The molecule has 0 aliphatic rings. The number of nitrogens with zero attached hydrogens (tertiary/aromatic N) is 1. The Balaban J connectivity index is 0.000000639. The number of hydrogen-bond donors (Lipinski definition) is 2. The topological polar surface area (TPSA) is 110 Å². The number of benzene rings is 3. The van der Waals surface area contributed by atoms with Crippen LogP contribution in [0.3, 0.4) is 0 Å². The van der Waals surface area contributed by atoms with E-state index < -0.39 is 11.6 Å². The normalized spacial score (nSPS) is 9.84. The van der Waals surface area contributed by atoms with Gasteiger partial charge in [0.2, 0.25) is 0 Å². The van der Waals surface area contributed by atoms with E-state index in [1.54, 1.807) is 54.6 Å². The fourth-order valence-corrected chi connectivity index (χ4v) is 3.23. The van der Waals surface area contributed by atoms with Gasteiger partial charge in [-0.15, -0.1) is 0 Å². The number of nitro benzene ring substituents is 1. The van der Waals surface area contributed by atoms with Crippen LogP contribution >= 0.6 is 30.1 Å². The Morgan fingerprint density at radius 3 is 2.03 bits per heavy atom. The summed E-state index contributed by atoms with van der Waals surface area (Å²) in [6, 6.07) is 21.7. The molecule has 32 heavy (non-hydrogen) atoms. The van der Waals surface area contributed by atoms with Crippen molar-refractivity contribution in [1.82, 2.24) is 0 Å². The van der Waals surface area contributed by atoms with Crippen molar-refractivity contribution in [2.24, 2.45) is 0 Å². The quantitative estimate of drug-likeness (QED) is 0.210. The maximum absolute atomic E-state index is 12.3. The molecule has 172 valence electrons. The molecule has 0 aromatic heterocycles. The second-order valence-electron chi connectivity index (χ2n) is 6.04. The van der Waals surface area contributed by atoms with Crippen LogP contribution in [0.15, 0.2) is 78.9 Å². The lowest BCUT2D eigenvalue weighted by Crippen LogP contribution is -2.05. The molecule has 0 radical (unpaired) electrons. The Morgan fingerprint density at radius 1 is 1.03 bits per heavy atom. The number of carbonyl (C=O) groups is 1. The Kier molecular flexibility index (Phi) is 13.2. The SMILES string of the molecule is CCc1cc([N+](=O)[O-])ccc1C(=O)c1ccccc1.OP(O)(=S)Oc1ccccc1.P.S.